The Morgan fingerprint density at radius 2 is 1.90 bits per heavy atom. The van der Waals surface area contributed by atoms with Crippen LogP contribution in [0.4, 0.5) is 30.6 Å². The van der Waals surface area contributed by atoms with Crippen LogP contribution in [0.25, 0.3) is 11.3 Å². The number of para-hydroxylation sites is 1. The molecule has 0 unspecified atom stereocenters. The Morgan fingerprint density at radius 1 is 1.13 bits per heavy atom. The quantitative estimate of drug-likeness (QED) is 0.447. The number of rotatable bonds is 7. The number of hydrogen-bond donors (Lipinski definition) is 3. The summed E-state index contributed by atoms with van der Waals surface area (Å²) in [6, 6.07) is 8.19. The maximum Gasteiger partial charge on any atom is 0.418 e. The van der Waals surface area contributed by atoms with E-state index in [0.717, 1.165) is 6.07 Å². The zero-order chi connectivity index (χ0) is 22.6. The molecule has 2 aromatic heterocycles. The van der Waals surface area contributed by atoms with Gasteiger partial charge in [-0.25, -0.2) is 4.98 Å². The van der Waals surface area contributed by atoms with Crippen molar-refractivity contribution in [2.75, 3.05) is 17.2 Å². The second-order valence-electron chi connectivity index (χ2n) is 7.17. The number of aliphatic hydroxyl groups is 1. The van der Waals surface area contributed by atoms with Gasteiger partial charge in [-0.05, 0) is 30.2 Å². The summed E-state index contributed by atoms with van der Waals surface area (Å²) in [7, 11) is 0. The van der Waals surface area contributed by atoms with Crippen molar-refractivity contribution < 1.29 is 18.3 Å². The van der Waals surface area contributed by atoms with Crippen molar-refractivity contribution in [3.8, 4) is 11.3 Å². The van der Waals surface area contributed by atoms with Gasteiger partial charge in [0.15, 0.2) is 0 Å². The van der Waals surface area contributed by atoms with E-state index in [1.54, 1.807) is 24.5 Å². The molecule has 2 heterocycles. The van der Waals surface area contributed by atoms with Gasteiger partial charge in [0.1, 0.15) is 5.82 Å². The lowest BCUT2D eigenvalue weighted by Gasteiger charge is -2.21. The van der Waals surface area contributed by atoms with Crippen LogP contribution >= 0.6 is 11.6 Å². The van der Waals surface area contributed by atoms with Crippen LogP contribution in [0.3, 0.4) is 0 Å². The van der Waals surface area contributed by atoms with Crippen molar-refractivity contribution >= 4 is 29.1 Å². The van der Waals surface area contributed by atoms with Crippen molar-refractivity contribution in [1.82, 2.24) is 15.0 Å². The Bertz CT molecular complexity index is 1030. The van der Waals surface area contributed by atoms with Crippen LogP contribution in [0, 0.1) is 5.92 Å². The van der Waals surface area contributed by atoms with Crippen LogP contribution in [-0.2, 0) is 6.18 Å². The molecule has 0 aliphatic carbocycles. The summed E-state index contributed by atoms with van der Waals surface area (Å²) >= 11 is 6.07. The minimum Gasteiger partial charge on any atom is -0.394 e. The standard InChI is InChI=1S/C21H21ClF3N5O/c1-12(2)17(11-31)28-20-27-16(13-5-4-8-26-10-13)9-18(30-20)29-19-14(21(23,24)25)6-3-7-15(19)22/h3-10,12,17,31H,11H2,1-2H3,(H2,27,28,29,30)/t17-/m1/s1. The number of pyridine rings is 1. The number of benzene rings is 1. The third kappa shape index (κ3) is 5.62. The molecule has 0 amide bonds. The Morgan fingerprint density at radius 3 is 2.52 bits per heavy atom. The Labute approximate surface area is 182 Å². The lowest BCUT2D eigenvalue weighted by atomic mass is 10.1. The van der Waals surface area contributed by atoms with E-state index in [1.165, 1.54) is 18.2 Å². The highest BCUT2D eigenvalue weighted by Gasteiger charge is 2.34. The summed E-state index contributed by atoms with van der Waals surface area (Å²) in [4.78, 5) is 12.8. The molecular formula is C21H21ClF3N5O. The Balaban J connectivity index is 2.07. The third-order valence-electron chi connectivity index (χ3n) is 4.57. The molecule has 0 saturated heterocycles. The van der Waals surface area contributed by atoms with Crippen molar-refractivity contribution in [3.05, 3.63) is 59.4 Å². The first-order chi connectivity index (χ1) is 14.7. The molecule has 1 aromatic carbocycles. The minimum atomic E-state index is -4.60. The molecule has 3 rings (SSSR count). The highest BCUT2D eigenvalue weighted by molar-refractivity contribution is 6.33. The first-order valence-corrected chi connectivity index (χ1v) is 9.86. The number of nitrogens with zero attached hydrogens (tertiary/aromatic N) is 3. The maximum atomic E-state index is 13.5. The number of anilines is 3. The SMILES string of the molecule is CC(C)[C@@H](CO)Nc1nc(Nc2c(Cl)cccc2C(F)(F)F)cc(-c2cccnc2)n1. The van der Waals surface area contributed by atoms with Gasteiger partial charge in [0, 0.05) is 24.0 Å². The van der Waals surface area contributed by atoms with E-state index < -0.39 is 11.7 Å². The lowest BCUT2D eigenvalue weighted by Crippen LogP contribution is -2.30. The Hall–Kier alpha value is -2.91. The van der Waals surface area contributed by atoms with Gasteiger partial charge < -0.3 is 15.7 Å². The van der Waals surface area contributed by atoms with E-state index in [0.29, 0.717) is 11.3 Å². The molecule has 0 aliphatic heterocycles. The average Bonchev–Trinajstić information content (AvgIpc) is 2.73. The lowest BCUT2D eigenvalue weighted by molar-refractivity contribution is -0.136. The second-order valence-corrected chi connectivity index (χ2v) is 7.57. The fourth-order valence-electron chi connectivity index (χ4n) is 2.84. The molecule has 0 spiro atoms. The van der Waals surface area contributed by atoms with E-state index in [4.69, 9.17) is 11.6 Å². The molecular weight excluding hydrogens is 431 g/mol. The molecule has 31 heavy (non-hydrogen) atoms. The number of aromatic nitrogens is 3. The second kappa shape index (κ2) is 9.49. The predicted octanol–water partition coefficient (Wildman–Crippen LogP) is 5.38. The van der Waals surface area contributed by atoms with E-state index in [2.05, 4.69) is 25.6 Å². The van der Waals surface area contributed by atoms with E-state index in [-0.39, 0.29) is 41.0 Å². The topological polar surface area (TPSA) is 83.0 Å². The minimum absolute atomic E-state index is 0.0625. The zero-order valence-corrected chi connectivity index (χ0v) is 17.5. The van der Waals surface area contributed by atoms with E-state index in [1.807, 2.05) is 13.8 Å². The van der Waals surface area contributed by atoms with Gasteiger partial charge in [0.2, 0.25) is 5.95 Å². The number of alkyl halides is 3. The van der Waals surface area contributed by atoms with Gasteiger partial charge in [-0.3, -0.25) is 4.98 Å². The van der Waals surface area contributed by atoms with Crippen LogP contribution < -0.4 is 10.6 Å². The molecule has 0 saturated carbocycles. The summed E-state index contributed by atoms with van der Waals surface area (Å²) in [5.74, 6) is 0.320. The number of nitrogens with one attached hydrogen (secondary N) is 2. The van der Waals surface area contributed by atoms with E-state index >= 15 is 0 Å². The van der Waals surface area contributed by atoms with Gasteiger partial charge in [0.05, 0.1) is 34.6 Å². The fourth-order valence-corrected chi connectivity index (χ4v) is 3.06. The van der Waals surface area contributed by atoms with Gasteiger partial charge >= 0.3 is 6.18 Å². The predicted molar refractivity (Wildman–Crippen MR) is 114 cm³/mol. The van der Waals surface area contributed by atoms with Crippen molar-refractivity contribution in [1.29, 1.82) is 0 Å². The van der Waals surface area contributed by atoms with Crippen molar-refractivity contribution in [3.63, 3.8) is 0 Å². The number of aliphatic hydroxyl groups excluding tert-OH is 1. The first-order valence-electron chi connectivity index (χ1n) is 9.48. The van der Waals surface area contributed by atoms with Gasteiger partial charge in [-0.1, -0.05) is 31.5 Å². The smallest absolute Gasteiger partial charge is 0.394 e. The van der Waals surface area contributed by atoms with Gasteiger partial charge in [-0.2, -0.15) is 18.2 Å². The normalized spacial score (nSPS) is 12.6. The number of halogens is 4. The highest BCUT2D eigenvalue weighted by Crippen LogP contribution is 2.40. The summed E-state index contributed by atoms with van der Waals surface area (Å²) in [6.07, 6.45) is -1.42. The van der Waals surface area contributed by atoms with Crippen LogP contribution in [0.1, 0.15) is 19.4 Å². The largest absolute Gasteiger partial charge is 0.418 e. The maximum absolute atomic E-state index is 13.5. The first kappa shape index (κ1) is 22.8. The van der Waals surface area contributed by atoms with Gasteiger partial charge in [-0.15, -0.1) is 0 Å². The van der Waals surface area contributed by atoms with E-state index in [9.17, 15) is 18.3 Å². The number of hydrogen-bond acceptors (Lipinski definition) is 6. The molecule has 10 heteroatoms. The van der Waals surface area contributed by atoms with Crippen molar-refractivity contribution in [2.24, 2.45) is 5.92 Å². The Kier molecular flexibility index (Phi) is 6.97. The monoisotopic (exact) mass is 451 g/mol. The fraction of sp³-hybridized carbons (Fsp3) is 0.286. The molecule has 6 nitrogen and oxygen atoms in total. The molecule has 0 aliphatic rings. The van der Waals surface area contributed by atoms with Crippen LogP contribution in [-0.4, -0.2) is 32.7 Å². The molecule has 164 valence electrons. The van der Waals surface area contributed by atoms with Crippen LogP contribution in [0.5, 0.6) is 0 Å². The zero-order valence-electron chi connectivity index (χ0n) is 16.8. The summed E-state index contributed by atoms with van der Waals surface area (Å²) in [6.45, 7) is 3.67. The summed E-state index contributed by atoms with van der Waals surface area (Å²) in [5.41, 5.74) is -0.127. The van der Waals surface area contributed by atoms with Crippen LogP contribution in [0.15, 0.2) is 48.8 Å². The molecule has 3 aromatic rings. The van der Waals surface area contributed by atoms with Crippen molar-refractivity contribution in [2.45, 2.75) is 26.1 Å². The molecule has 0 bridgehead atoms. The summed E-state index contributed by atoms with van der Waals surface area (Å²) < 4.78 is 40.4. The molecule has 0 fully saturated rings. The molecule has 3 N–H and O–H groups in total. The van der Waals surface area contributed by atoms with Gasteiger partial charge in [0.25, 0.3) is 0 Å². The third-order valence-corrected chi connectivity index (χ3v) is 4.89. The molecule has 1 atom stereocenters. The average molecular weight is 452 g/mol. The molecule has 0 radical (unpaired) electrons. The highest BCUT2D eigenvalue weighted by atomic mass is 35.5. The van der Waals surface area contributed by atoms with Crippen LogP contribution in [0.2, 0.25) is 5.02 Å². The summed E-state index contributed by atoms with van der Waals surface area (Å²) in [5, 5.41) is 15.3.